The van der Waals surface area contributed by atoms with Crippen molar-refractivity contribution in [2.45, 2.75) is 71.9 Å². The van der Waals surface area contributed by atoms with Gasteiger partial charge < -0.3 is 9.64 Å². The van der Waals surface area contributed by atoms with Gasteiger partial charge in [0.05, 0.1) is 5.60 Å². The van der Waals surface area contributed by atoms with Crippen molar-refractivity contribution in [2.24, 2.45) is 17.8 Å². The van der Waals surface area contributed by atoms with E-state index in [4.69, 9.17) is 27.9 Å². The molecule has 2 aliphatic rings. The van der Waals surface area contributed by atoms with Gasteiger partial charge in [0.25, 0.3) is 0 Å². The number of rotatable bonds is 9. The summed E-state index contributed by atoms with van der Waals surface area (Å²) in [4.78, 5) is 5.27. The number of benzene rings is 1. The van der Waals surface area contributed by atoms with Crippen molar-refractivity contribution in [1.29, 1.82) is 0 Å². The van der Waals surface area contributed by atoms with Gasteiger partial charge in [0.1, 0.15) is 0 Å². The molecular weight excluding hydrogens is 507 g/mol. The third-order valence-corrected chi connectivity index (χ3v) is 9.89. The first-order chi connectivity index (χ1) is 17.3. The van der Waals surface area contributed by atoms with Crippen LogP contribution in [0.2, 0.25) is 10.0 Å². The van der Waals surface area contributed by atoms with Crippen LogP contribution in [-0.4, -0.2) is 55.2 Å². The molecule has 2 fully saturated rings. The quantitative estimate of drug-likeness (QED) is 0.310. The summed E-state index contributed by atoms with van der Waals surface area (Å²) in [6, 6.07) is 7.97. The van der Waals surface area contributed by atoms with Crippen LogP contribution in [0.3, 0.4) is 0 Å². The highest BCUT2D eigenvalue weighted by atomic mass is 35.5. The zero-order valence-corrected chi connectivity index (χ0v) is 25.3. The van der Waals surface area contributed by atoms with Crippen molar-refractivity contribution in [1.82, 2.24) is 9.80 Å². The molecule has 0 aliphatic carbocycles. The number of thiophene rings is 1. The molecule has 36 heavy (non-hydrogen) atoms. The third-order valence-electron chi connectivity index (χ3n) is 8.50. The second kappa shape index (κ2) is 14.5. The lowest BCUT2D eigenvalue weighted by molar-refractivity contribution is -0.0424. The minimum Gasteiger partial charge on any atom is -0.378 e. The monoisotopic (exact) mass is 552 g/mol. The van der Waals surface area contributed by atoms with Crippen LogP contribution in [0.4, 0.5) is 0 Å². The summed E-state index contributed by atoms with van der Waals surface area (Å²) in [7, 11) is 1.90. The molecule has 4 rings (SSSR count). The second-order valence-electron chi connectivity index (χ2n) is 11.0. The Hall–Kier alpha value is -0.620. The molecule has 2 aliphatic heterocycles. The molecule has 6 heteroatoms. The van der Waals surface area contributed by atoms with Gasteiger partial charge >= 0.3 is 0 Å². The Balaban J connectivity index is 0.000000526. The molecule has 2 saturated heterocycles. The fourth-order valence-electron chi connectivity index (χ4n) is 5.87. The van der Waals surface area contributed by atoms with Crippen molar-refractivity contribution in [2.75, 3.05) is 39.8 Å². The van der Waals surface area contributed by atoms with E-state index in [0.717, 1.165) is 48.7 Å². The number of piperidine rings is 1. The summed E-state index contributed by atoms with van der Waals surface area (Å²) in [5.41, 5.74) is 2.64. The molecule has 0 unspecified atom stereocenters. The molecule has 0 N–H and O–H groups in total. The van der Waals surface area contributed by atoms with Gasteiger partial charge in [-0.15, -0.1) is 0 Å². The van der Waals surface area contributed by atoms with E-state index in [1.807, 2.05) is 19.2 Å². The molecule has 2 atom stereocenters. The number of aryl methyl sites for hydroxylation is 1. The first-order valence-corrected chi connectivity index (χ1v) is 15.4. The fourth-order valence-corrected chi connectivity index (χ4v) is 7.01. The van der Waals surface area contributed by atoms with E-state index in [1.165, 1.54) is 56.6 Å². The molecular formula is C30H46Cl2N2OS. The van der Waals surface area contributed by atoms with Gasteiger partial charge in [-0.3, -0.25) is 4.90 Å². The van der Waals surface area contributed by atoms with Crippen LogP contribution in [0, 0.1) is 24.7 Å². The molecule has 0 amide bonds. The lowest BCUT2D eigenvalue weighted by Crippen LogP contribution is -2.41. The van der Waals surface area contributed by atoms with E-state index < -0.39 is 0 Å². The lowest BCUT2D eigenvalue weighted by atomic mass is 9.81. The van der Waals surface area contributed by atoms with Crippen molar-refractivity contribution >= 4 is 34.5 Å². The summed E-state index contributed by atoms with van der Waals surface area (Å²) < 4.78 is 5.93. The average molecular weight is 554 g/mol. The summed E-state index contributed by atoms with van der Waals surface area (Å²) in [5.74, 6) is 2.29. The summed E-state index contributed by atoms with van der Waals surface area (Å²) in [6.07, 6.45) is 6.09. The molecule has 3 nitrogen and oxygen atoms in total. The Bertz CT molecular complexity index is 886. The maximum absolute atomic E-state index is 6.40. The zero-order chi connectivity index (χ0) is 26.1. The number of ether oxygens (including phenoxy) is 1. The molecule has 1 aromatic carbocycles. The number of halogens is 2. The zero-order valence-electron chi connectivity index (χ0n) is 22.9. The van der Waals surface area contributed by atoms with Crippen molar-refractivity contribution in [3.63, 3.8) is 0 Å². The van der Waals surface area contributed by atoms with Gasteiger partial charge in [-0.2, -0.15) is 11.3 Å². The molecule has 3 heterocycles. The van der Waals surface area contributed by atoms with Crippen LogP contribution in [0.25, 0.3) is 0 Å². The number of methoxy groups -OCH3 is 1. The van der Waals surface area contributed by atoms with Crippen LogP contribution in [0.15, 0.2) is 35.0 Å². The van der Waals surface area contributed by atoms with Crippen LogP contribution in [0.1, 0.15) is 64.0 Å². The predicted octanol–water partition coefficient (Wildman–Crippen LogP) is 8.43. The van der Waals surface area contributed by atoms with Gasteiger partial charge in [-0.25, -0.2) is 0 Å². The number of hydrogen-bond acceptors (Lipinski definition) is 4. The lowest BCUT2D eigenvalue weighted by Gasteiger charge is -2.39. The van der Waals surface area contributed by atoms with E-state index in [2.05, 4.69) is 60.4 Å². The summed E-state index contributed by atoms with van der Waals surface area (Å²) >= 11 is 14.2. The Morgan fingerprint density at radius 3 is 2.31 bits per heavy atom. The maximum Gasteiger partial charge on any atom is 0.0676 e. The second-order valence-corrected chi connectivity index (χ2v) is 12.6. The Morgan fingerprint density at radius 1 is 1.06 bits per heavy atom. The summed E-state index contributed by atoms with van der Waals surface area (Å²) in [5, 5.41) is 5.70. The van der Waals surface area contributed by atoms with E-state index >= 15 is 0 Å². The van der Waals surface area contributed by atoms with Gasteiger partial charge in [0.2, 0.25) is 0 Å². The van der Waals surface area contributed by atoms with Gasteiger partial charge in [-0.1, -0.05) is 50.0 Å². The molecule has 0 spiro atoms. The first kappa shape index (κ1) is 29.9. The normalized spacial score (nSPS) is 22.0. The standard InChI is InChI=1S/C25H40Cl2N2O.C5H6S/c1-5-25(6-2,30-4)14-20-9-11-28(12-10-20)17-22-18-29(15-19(22)3)16-21-7-8-23(26)13-24(21)27;1-5-2-3-6-4-5/h7-8,13,19-20,22H,5-6,9-12,14-18H2,1-4H3;2-4H,1H3/t19-,22-;/m0./s1. The van der Waals surface area contributed by atoms with Crippen LogP contribution < -0.4 is 0 Å². The highest BCUT2D eigenvalue weighted by Gasteiger charge is 2.34. The van der Waals surface area contributed by atoms with Gasteiger partial charge in [0, 0.05) is 43.3 Å². The molecule has 0 bridgehead atoms. The van der Waals surface area contributed by atoms with Crippen LogP contribution >= 0.6 is 34.5 Å². The Labute approximate surface area is 234 Å². The summed E-state index contributed by atoms with van der Waals surface area (Å²) in [6.45, 7) is 16.0. The highest BCUT2D eigenvalue weighted by molar-refractivity contribution is 7.07. The Kier molecular flexibility index (Phi) is 12.1. The molecule has 1 aromatic heterocycles. The maximum atomic E-state index is 6.40. The molecule has 0 radical (unpaired) electrons. The van der Waals surface area contributed by atoms with Crippen molar-refractivity contribution in [3.05, 3.63) is 56.2 Å². The number of hydrogen-bond donors (Lipinski definition) is 0. The Morgan fingerprint density at radius 2 is 1.78 bits per heavy atom. The minimum atomic E-state index is 0.0935. The van der Waals surface area contributed by atoms with Gasteiger partial charge in [0.15, 0.2) is 0 Å². The van der Waals surface area contributed by atoms with Crippen molar-refractivity contribution < 1.29 is 4.74 Å². The van der Waals surface area contributed by atoms with Crippen molar-refractivity contribution in [3.8, 4) is 0 Å². The highest BCUT2D eigenvalue weighted by Crippen LogP contribution is 2.34. The SMILES string of the molecule is CCC(CC)(CC1CCN(C[C@H]2CN(Cc3ccc(Cl)cc3Cl)C[C@@H]2C)CC1)OC.Cc1ccsc1. The largest absolute Gasteiger partial charge is 0.378 e. The van der Waals surface area contributed by atoms with E-state index in [0.29, 0.717) is 5.02 Å². The topological polar surface area (TPSA) is 15.7 Å². The number of likely N-dealkylation sites (tertiary alicyclic amines) is 2. The van der Waals surface area contributed by atoms with Crippen LogP contribution in [0.5, 0.6) is 0 Å². The molecule has 202 valence electrons. The van der Waals surface area contributed by atoms with Gasteiger partial charge in [-0.05, 0) is 110 Å². The predicted molar refractivity (Wildman–Crippen MR) is 158 cm³/mol. The average Bonchev–Trinajstić information content (AvgIpc) is 3.49. The van der Waals surface area contributed by atoms with E-state index in [9.17, 15) is 0 Å². The third kappa shape index (κ3) is 8.71. The van der Waals surface area contributed by atoms with E-state index in [1.54, 1.807) is 11.3 Å². The van der Waals surface area contributed by atoms with Crippen LogP contribution in [-0.2, 0) is 11.3 Å². The minimum absolute atomic E-state index is 0.0935. The molecule has 2 aromatic rings. The molecule has 0 saturated carbocycles. The first-order valence-electron chi connectivity index (χ1n) is 13.7. The number of nitrogens with zero attached hydrogens (tertiary/aromatic N) is 2. The fraction of sp³-hybridized carbons (Fsp3) is 0.667. The smallest absolute Gasteiger partial charge is 0.0676 e. The van der Waals surface area contributed by atoms with E-state index in [-0.39, 0.29) is 5.60 Å².